The summed E-state index contributed by atoms with van der Waals surface area (Å²) in [4.78, 5) is 52.1. The normalized spacial score (nSPS) is 11.9. The second-order valence-electron chi connectivity index (χ2n) is 8.94. The molecule has 0 saturated heterocycles. The third-order valence-corrected chi connectivity index (χ3v) is 6.36. The Morgan fingerprint density at radius 2 is 0.895 bits per heavy atom. The molecule has 0 unspecified atom stereocenters. The van der Waals surface area contributed by atoms with Crippen LogP contribution in [0.25, 0.3) is 0 Å². The van der Waals surface area contributed by atoms with Gasteiger partial charge in [-0.2, -0.15) is 0 Å². The smallest absolute Gasteiger partial charge is 0.311 e. The fourth-order valence-electron chi connectivity index (χ4n) is 4.48. The summed E-state index contributed by atoms with van der Waals surface area (Å²) < 4.78 is 11.1. The monoisotopic (exact) mass is 504 g/mol. The molecule has 4 aromatic carbocycles. The van der Waals surface area contributed by atoms with Gasteiger partial charge in [0.25, 0.3) is 0 Å². The van der Waals surface area contributed by atoms with E-state index >= 15 is 0 Å². The molecule has 188 valence electrons. The molecule has 5 rings (SSSR count). The molecule has 6 heteroatoms. The molecule has 38 heavy (non-hydrogen) atoms. The lowest BCUT2D eigenvalue weighted by molar-refractivity contribution is -0.135. The highest BCUT2D eigenvalue weighted by molar-refractivity contribution is 6.30. The zero-order valence-electron chi connectivity index (χ0n) is 20.5. The van der Waals surface area contributed by atoms with E-state index in [-0.39, 0.29) is 46.6 Å². The molecule has 0 spiro atoms. The molecule has 0 N–H and O–H groups in total. The number of carbonyl (C=O) groups excluding carboxylic acids is 4. The number of rotatable bonds is 8. The maximum atomic E-state index is 13.5. The van der Waals surface area contributed by atoms with Gasteiger partial charge in [-0.05, 0) is 36.1 Å². The lowest BCUT2D eigenvalue weighted by atomic mass is 9.83. The van der Waals surface area contributed by atoms with Crippen molar-refractivity contribution in [2.75, 3.05) is 0 Å². The Bertz CT molecular complexity index is 1410. The largest absolute Gasteiger partial charge is 0.426 e. The molecule has 0 fully saturated rings. The van der Waals surface area contributed by atoms with Crippen LogP contribution < -0.4 is 9.47 Å². The van der Waals surface area contributed by atoms with Gasteiger partial charge in [0, 0.05) is 24.0 Å². The number of hydrogen-bond donors (Lipinski definition) is 0. The van der Waals surface area contributed by atoms with Crippen molar-refractivity contribution in [1.82, 2.24) is 0 Å². The van der Waals surface area contributed by atoms with Crippen LogP contribution in [0.5, 0.6) is 11.5 Å². The zero-order chi connectivity index (χ0) is 26.5. The van der Waals surface area contributed by atoms with Crippen molar-refractivity contribution in [3.63, 3.8) is 0 Å². The van der Waals surface area contributed by atoms with Crippen molar-refractivity contribution in [3.8, 4) is 11.5 Å². The number of esters is 2. The molecule has 0 bridgehead atoms. The van der Waals surface area contributed by atoms with Gasteiger partial charge in [0.1, 0.15) is 11.5 Å². The van der Waals surface area contributed by atoms with E-state index in [1.807, 2.05) is 60.7 Å². The van der Waals surface area contributed by atoms with E-state index < -0.39 is 23.5 Å². The lowest BCUT2D eigenvalue weighted by Gasteiger charge is -2.21. The standard InChI is InChI=1S/C32H24O6/c33-27(19-17-21-9-3-1-4-10-21)37-25-15-7-13-23-29(25)31(35)24-14-8-16-26(30(24)32(23)36)38-28(34)20-18-22-11-5-2-6-12-22/h1-16H,17-20H2. The van der Waals surface area contributed by atoms with E-state index in [1.54, 1.807) is 12.1 Å². The van der Waals surface area contributed by atoms with Crippen LogP contribution in [0.1, 0.15) is 55.8 Å². The Hall–Kier alpha value is -4.84. The van der Waals surface area contributed by atoms with E-state index in [1.165, 1.54) is 24.3 Å². The van der Waals surface area contributed by atoms with Crippen LogP contribution in [0.2, 0.25) is 0 Å². The Balaban J connectivity index is 1.34. The van der Waals surface area contributed by atoms with Crippen LogP contribution in [0.4, 0.5) is 0 Å². The van der Waals surface area contributed by atoms with Crippen LogP contribution in [-0.4, -0.2) is 23.5 Å². The lowest BCUT2D eigenvalue weighted by Crippen LogP contribution is -2.24. The summed E-state index contributed by atoms with van der Waals surface area (Å²) in [6, 6.07) is 28.2. The van der Waals surface area contributed by atoms with Crippen molar-refractivity contribution < 1.29 is 28.7 Å². The number of ketones is 2. The van der Waals surface area contributed by atoms with Gasteiger partial charge in [-0.15, -0.1) is 0 Å². The molecule has 1 aliphatic rings. The van der Waals surface area contributed by atoms with E-state index in [0.717, 1.165) is 11.1 Å². The van der Waals surface area contributed by atoms with Crippen molar-refractivity contribution in [2.24, 2.45) is 0 Å². The number of carbonyl (C=O) groups is 4. The van der Waals surface area contributed by atoms with Gasteiger partial charge < -0.3 is 9.47 Å². The predicted octanol–water partition coefficient (Wildman–Crippen LogP) is 5.54. The Morgan fingerprint density at radius 1 is 0.500 bits per heavy atom. The average Bonchev–Trinajstić information content (AvgIpc) is 2.95. The van der Waals surface area contributed by atoms with Gasteiger partial charge >= 0.3 is 11.9 Å². The minimum atomic E-state index is -0.505. The molecule has 0 atom stereocenters. The Kier molecular flexibility index (Phi) is 7.22. The van der Waals surface area contributed by atoms with Crippen molar-refractivity contribution in [1.29, 1.82) is 0 Å². The van der Waals surface area contributed by atoms with E-state index in [4.69, 9.17) is 9.47 Å². The molecule has 0 radical (unpaired) electrons. The number of ether oxygens (including phenoxy) is 2. The van der Waals surface area contributed by atoms with Crippen molar-refractivity contribution >= 4 is 23.5 Å². The molecule has 4 aromatic rings. The summed E-state index contributed by atoms with van der Waals surface area (Å²) in [6.07, 6.45) is 1.22. The number of fused-ring (bicyclic) bond motifs is 2. The summed E-state index contributed by atoms with van der Waals surface area (Å²) in [7, 11) is 0. The van der Waals surface area contributed by atoms with Crippen molar-refractivity contribution in [3.05, 3.63) is 130 Å². The summed E-state index contributed by atoms with van der Waals surface area (Å²) in [6.45, 7) is 0. The Labute approximate surface area is 219 Å². The first-order valence-corrected chi connectivity index (χ1v) is 12.4. The first kappa shape index (κ1) is 24.8. The fraction of sp³-hybridized carbons (Fsp3) is 0.125. The van der Waals surface area contributed by atoms with E-state index in [9.17, 15) is 19.2 Å². The third-order valence-electron chi connectivity index (χ3n) is 6.36. The zero-order valence-corrected chi connectivity index (χ0v) is 20.5. The maximum Gasteiger partial charge on any atom is 0.311 e. The molecule has 0 saturated carbocycles. The topological polar surface area (TPSA) is 86.7 Å². The van der Waals surface area contributed by atoms with E-state index in [0.29, 0.717) is 12.8 Å². The third kappa shape index (κ3) is 5.30. The summed E-state index contributed by atoms with van der Waals surface area (Å²) in [5.41, 5.74) is 2.25. The summed E-state index contributed by atoms with van der Waals surface area (Å²) in [5.74, 6) is -1.88. The van der Waals surface area contributed by atoms with E-state index in [2.05, 4.69) is 0 Å². The highest BCUT2D eigenvalue weighted by Gasteiger charge is 2.35. The Morgan fingerprint density at radius 3 is 1.29 bits per heavy atom. The molecule has 1 aliphatic carbocycles. The molecule has 0 aliphatic heterocycles. The first-order valence-electron chi connectivity index (χ1n) is 12.4. The number of aryl methyl sites for hydroxylation is 2. The van der Waals surface area contributed by atoms with Crippen LogP contribution in [-0.2, 0) is 22.4 Å². The number of benzene rings is 4. The van der Waals surface area contributed by atoms with Crippen molar-refractivity contribution in [2.45, 2.75) is 25.7 Å². The van der Waals surface area contributed by atoms with Gasteiger partial charge in [0.05, 0.1) is 11.1 Å². The van der Waals surface area contributed by atoms with Crippen LogP contribution >= 0.6 is 0 Å². The van der Waals surface area contributed by atoms with Gasteiger partial charge in [0.15, 0.2) is 11.6 Å². The van der Waals surface area contributed by atoms with Crippen LogP contribution in [0, 0.1) is 0 Å². The van der Waals surface area contributed by atoms with Crippen LogP contribution in [0.3, 0.4) is 0 Å². The summed E-state index contributed by atoms with van der Waals surface area (Å²) in [5, 5.41) is 0. The minimum absolute atomic E-state index is 0.0330. The molecular formula is C32H24O6. The van der Waals surface area contributed by atoms with Crippen LogP contribution in [0.15, 0.2) is 97.1 Å². The highest BCUT2D eigenvalue weighted by atomic mass is 16.5. The van der Waals surface area contributed by atoms with Gasteiger partial charge in [0.2, 0.25) is 0 Å². The average molecular weight is 505 g/mol. The van der Waals surface area contributed by atoms with Gasteiger partial charge in [-0.1, -0.05) is 84.9 Å². The quantitative estimate of drug-likeness (QED) is 0.204. The summed E-state index contributed by atoms with van der Waals surface area (Å²) >= 11 is 0. The minimum Gasteiger partial charge on any atom is -0.426 e. The maximum absolute atomic E-state index is 13.5. The van der Waals surface area contributed by atoms with Gasteiger partial charge in [-0.25, -0.2) is 0 Å². The predicted molar refractivity (Wildman–Crippen MR) is 141 cm³/mol. The molecule has 6 nitrogen and oxygen atoms in total. The van der Waals surface area contributed by atoms with Gasteiger partial charge in [-0.3, -0.25) is 19.2 Å². The second kappa shape index (κ2) is 11.0. The second-order valence-corrected chi connectivity index (χ2v) is 8.94. The molecule has 0 heterocycles. The SMILES string of the molecule is O=C(CCc1ccccc1)Oc1cccc2c1C(=O)c1cccc(OC(=O)CCc3ccccc3)c1C2=O. The first-order chi connectivity index (χ1) is 18.5. The fourth-order valence-corrected chi connectivity index (χ4v) is 4.48. The molecule has 0 amide bonds. The highest BCUT2D eigenvalue weighted by Crippen LogP contribution is 2.37. The molecular weight excluding hydrogens is 480 g/mol. The molecule has 0 aromatic heterocycles. The number of hydrogen-bond acceptors (Lipinski definition) is 6.